The SMILES string of the molecule is CN=C(NCCOC)NCc1ccccc1COc1ccccc1Cl. The number of hydrogen-bond donors (Lipinski definition) is 2. The van der Waals surface area contributed by atoms with Gasteiger partial charge in [0.25, 0.3) is 0 Å². The molecular weight excluding hydrogens is 338 g/mol. The van der Waals surface area contributed by atoms with E-state index in [0.29, 0.717) is 37.1 Å². The van der Waals surface area contributed by atoms with Crippen molar-refractivity contribution < 1.29 is 9.47 Å². The summed E-state index contributed by atoms with van der Waals surface area (Å²) >= 11 is 6.14. The normalized spacial score (nSPS) is 11.2. The number of benzene rings is 2. The largest absolute Gasteiger partial charge is 0.487 e. The van der Waals surface area contributed by atoms with Crippen LogP contribution in [0.25, 0.3) is 0 Å². The van der Waals surface area contributed by atoms with Crippen LogP contribution in [0.4, 0.5) is 0 Å². The van der Waals surface area contributed by atoms with Crippen molar-refractivity contribution >= 4 is 17.6 Å². The molecule has 0 aliphatic carbocycles. The number of para-hydroxylation sites is 1. The number of hydrogen-bond acceptors (Lipinski definition) is 3. The molecule has 134 valence electrons. The van der Waals surface area contributed by atoms with Gasteiger partial charge in [-0.2, -0.15) is 0 Å². The Morgan fingerprint density at radius 2 is 1.76 bits per heavy atom. The molecule has 0 radical (unpaired) electrons. The van der Waals surface area contributed by atoms with E-state index in [1.165, 1.54) is 0 Å². The van der Waals surface area contributed by atoms with Crippen LogP contribution in [-0.2, 0) is 17.9 Å². The van der Waals surface area contributed by atoms with E-state index in [1.54, 1.807) is 14.2 Å². The maximum absolute atomic E-state index is 6.14. The molecule has 0 saturated heterocycles. The molecule has 0 spiro atoms. The summed E-state index contributed by atoms with van der Waals surface area (Å²) in [7, 11) is 3.42. The molecule has 25 heavy (non-hydrogen) atoms. The van der Waals surface area contributed by atoms with Gasteiger partial charge in [-0.15, -0.1) is 0 Å². The van der Waals surface area contributed by atoms with Gasteiger partial charge in [-0.3, -0.25) is 4.99 Å². The molecule has 0 aliphatic rings. The Labute approximate surface area is 154 Å². The smallest absolute Gasteiger partial charge is 0.191 e. The van der Waals surface area contributed by atoms with Gasteiger partial charge in [0.2, 0.25) is 0 Å². The van der Waals surface area contributed by atoms with E-state index in [4.69, 9.17) is 21.1 Å². The van der Waals surface area contributed by atoms with E-state index < -0.39 is 0 Å². The summed E-state index contributed by atoms with van der Waals surface area (Å²) in [5.74, 6) is 1.42. The average Bonchev–Trinajstić information content (AvgIpc) is 2.64. The first-order valence-electron chi connectivity index (χ1n) is 8.12. The van der Waals surface area contributed by atoms with Crippen molar-refractivity contribution in [2.75, 3.05) is 27.3 Å². The average molecular weight is 362 g/mol. The first kappa shape index (κ1) is 19.1. The fraction of sp³-hybridized carbons (Fsp3) is 0.316. The second-order valence-electron chi connectivity index (χ2n) is 5.33. The van der Waals surface area contributed by atoms with Gasteiger partial charge in [0, 0.05) is 27.2 Å². The third-order valence-corrected chi connectivity index (χ3v) is 3.92. The van der Waals surface area contributed by atoms with E-state index in [2.05, 4.69) is 27.8 Å². The molecule has 6 heteroatoms. The summed E-state index contributed by atoms with van der Waals surface area (Å²) in [5, 5.41) is 7.10. The molecule has 2 aromatic carbocycles. The van der Waals surface area contributed by atoms with Crippen LogP contribution in [-0.4, -0.2) is 33.3 Å². The summed E-state index contributed by atoms with van der Waals surface area (Å²) in [6.07, 6.45) is 0. The molecule has 2 N–H and O–H groups in total. The minimum atomic E-state index is 0.456. The zero-order valence-electron chi connectivity index (χ0n) is 14.6. The molecule has 5 nitrogen and oxygen atoms in total. The highest BCUT2D eigenvalue weighted by atomic mass is 35.5. The van der Waals surface area contributed by atoms with Crippen molar-refractivity contribution in [3.05, 3.63) is 64.7 Å². The van der Waals surface area contributed by atoms with Crippen LogP contribution in [0.2, 0.25) is 5.02 Å². The second kappa shape index (κ2) is 10.6. The third kappa shape index (κ3) is 6.29. The van der Waals surface area contributed by atoms with E-state index in [1.807, 2.05) is 36.4 Å². The van der Waals surface area contributed by atoms with Crippen molar-refractivity contribution in [1.29, 1.82) is 0 Å². The summed E-state index contributed by atoms with van der Waals surface area (Å²) in [6, 6.07) is 15.6. The predicted molar refractivity (Wildman–Crippen MR) is 102 cm³/mol. The number of nitrogens with zero attached hydrogens (tertiary/aromatic N) is 1. The highest BCUT2D eigenvalue weighted by Gasteiger charge is 2.06. The zero-order valence-corrected chi connectivity index (χ0v) is 15.3. The van der Waals surface area contributed by atoms with Gasteiger partial charge < -0.3 is 20.1 Å². The van der Waals surface area contributed by atoms with Gasteiger partial charge in [0.05, 0.1) is 11.6 Å². The number of nitrogens with one attached hydrogen (secondary N) is 2. The Kier molecular flexibility index (Phi) is 8.09. The topological polar surface area (TPSA) is 54.9 Å². The maximum Gasteiger partial charge on any atom is 0.191 e. The Morgan fingerprint density at radius 3 is 2.48 bits per heavy atom. The zero-order chi connectivity index (χ0) is 17.9. The van der Waals surface area contributed by atoms with Gasteiger partial charge in [0.15, 0.2) is 5.96 Å². The number of guanidine groups is 1. The first-order chi connectivity index (χ1) is 12.2. The van der Waals surface area contributed by atoms with Crippen LogP contribution in [0.3, 0.4) is 0 Å². The molecule has 0 atom stereocenters. The molecule has 2 rings (SSSR count). The molecule has 0 aromatic heterocycles. The van der Waals surface area contributed by atoms with Gasteiger partial charge in [-0.25, -0.2) is 0 Å². The summed E-state index contributed by atoms with van der Waals surface area (Å²) < 4.78 is 10.9. The van der Waals surface area contributed by atoms with Crippen molar-refractivity contribution in [3.63, 3.8) is 0 Å². The van der Waals surface area contributed by atoms with Crippen LogP contribution >= 0.6 is 11.6 Å². The van der Waals surface area contributed by atoms with Crippen LogP contribution in [0.5, 0.6) is 5.75 Å². The Morgan fingerprint density at radius 1 is 1.04 bits per heavy atom. The van der Waals surface area contributed by atoms with Crippen molar-refractivity contribution in [1.82, 2.24) is 10.6 Å². The Bertz CT molecular complexity index is 692. The van der Waals surface area contributed by atoms with Crippen molar-refractivity contribution in [2.45, 2.75) is 13.2 Å². The summed E-state index contributed by atoms with van der Waals surface area (Å²) in [4.78, 5) is 4.20. The number of aliphatic imine (C=N–C) groups is 1. The highest BCUT2D eigenvalue weighted by Crippen LogP contribution is 2.24. The van der Waals surface area contributed by atoms with Crippen molar-refractivity contribution in [2.24, 2.45) is 4.99 Å². The monoisotopic (exact) mass is 361 g/mol. The predicted octanol–water partition coefficient (Wildman–Crippen LogP) is 3.23. The molecule has 0 aliphatic heterocycles. The summed E-state index contributed by atoms with van der Waals surface area (Å²) in [6.45, 7) is 2.43. The Balaban J connectivity index is 1.94. The molecule has 0 unspecified atom stereocenters. The molecule has 0 saturated carbocycles. The van der Waals surface area contributed by atoms with Crippen LogP contribution < -0.4 is 15.4 Å². The van der Waals surface area contributed by atoms with E-state index >= 15 is 0 Å². The second-order valence-corrected chi connectivity index (χ2v) is 5.74. The van der Waals surface area contributed by atoms with Gasteiger partial charge in [-0.1, -0.05) is 48.0 Å². The standard InChI is InChI=1S/C19H24ClN3O2/c1-21-19(22-11-12-24-2)23-13-15-7-3-4-8-16(15)14-25-18-10-6-5-9-17(18)20/h3-10H,11-14H2,1-2H3,(H2,21,22,23). The number of halogens is 1. The number of rotatable bonds is 8. The molecule has 0 bridgehead atoms. The van der Waals surface area contributed by atoms with Crippen molar-refractivity contribution in [3.8, 4) is 5.75 Å². The third-order valence-electron chi connectivity index (χ3n) is 3.61. The van der Waals surface area contributed by atoms with Gasteiger partial charge >= 0.3 is 0 Å². The molecule has 0 fully saturated rings. The maximum atomic E-state index is 6.14. The number of ether oxygens (including phenoxy) is 2. The van der Waals surface area contributed by atoms with E-state index in [9.17, 15) is 0 Å². The van der Waals surface area contributed by atoms with Gasteiger partial charge in [-0.05, 0) is 23.3 Å². The van der Waals surface area contributed by atoms with Crippen LogP contribution in [0.1, 0.15) is 11.1 Å². The number of methoxy groups -OCH3 is 1. The molecule has 0 heterocycles. The molecule has 2 aromatic rings. The fourth-order valence-electron chi connectivity index (χ4n) is 2.26. The lowest BCUT2D eigenvalue weighted by molar-refractivity contribution is 0.203. The molecular formula is C19H24ClN3O2. The molecule has 0 amide bonds. The fourth-order valence-corrected chi connectivity index (χ4v) is 2.45. The van der Waals surface area contributed by atoms with Crippen LogP contribution in [0, 0.1) is 0 Å². The lowest BCUT2D eigenvalue weighted by Gasteiger charge is -2.15. The van der Waals surface area contributed by atoms with Crippen LogP contribution in [0.15, 0.2) is 53.5 Å². The lowest BCUT2D eigenvalue weighted by Crippen LogP contribution is -2.38. The van der Waals surface area contributed by atoms with E-state index in [-0.39, 0.29) is 0 Å². The van der Waals surface area contributed by atoms with E-state index in [0.717, 1.165) is 17.1 Å². The first-order valence-corrected chi connectivity index (χ1v) is 8.50. The highest BCUT2D eigenvalue weighted by molar-refractivity contribution is 6.32. The van der Waals surface area contributed by atoms with Gasteiger partial charge in [0.1, 0.15) is 12.4 Å². The minimum Gasteiger partial charge on any atom is -0.487 e. The minimum absolute atomic E-state index is 0.456. The Hall–Kier alpha value is -2.24. The quantitative estimate of drug-likeness (QED) is 0.430. The summed E-state index contributed by atoms with van der Waals surface area (Å²) in [5.41, 5.74) is 2.24. The lowest BCUT2D eigenvalue weighted by atomic mass is 10.1.